The second-order valence-electron chi connectivity index (χ2n) is 5.90. The number of benzene rings is 1. The van der Waals surface area contributed by atoms with Gasteiger partial charge in [-0.3, -0.25) is 4.79 Å². The normalized spacial score (nSPS) is 16.9. The maximum absolute atomic E-state index is 12.2. The molecule has 2 aromatic rings. The number of para-hydroxylation sites is 1. The molecule has 0 saturated carbocycles. The molecule has 2 heterocycles. The van der Waals surface area contributed by atoms with Gasteiger partial charge in [-0.05, 0) is 37.0 Å². The molecule has 3 N–H and O–H groups in total. The minimum Gasteiger partial charge on any atom is -0.381 e. The molecule has 1 aromatic heterocycles. The number of ether oxygens (including phenoxy) is 1. The first-order chi connectivity index (χ1) is 11.2. The Labute approximate surface area is 135 Å². The largest absolute Gasteiger partial charge is 0.381 e. The zero-order valence-electron chi connectivity index (χ0n) is 13.1. The molecule has 6 heteroatoms. The van der Waals surface area contributed by atoms with E-state index in [1.54, 1.807) is 0 Å². The molecular formula is C17H22N4O2. The van der Waals surface area contributed by atoms with Crippen LogP contribution in [0.4, 0.5) is 0 Å². The highest BCUT2D eigenvalue weighted by Gasteiger charge is 2.35. The van der Waals surface area contributed by atoms with Crippen LogP contribution in [0.2, 0.25) is 0 Å². The molecule has 1 aromatic carbocycles. The van der Waals surface area contributed by atoms with Gasteiger partial charge in [0.2, 0.25) is 5.91 Å². The third kappa shape index (κ3) is 3.78. The van der Waals surface area contributed by atoms with E-state index in [-0.39, 0.29) is 5.91 Å². The second-order valence-corrected chi connectivity index (χ2v) is 5.90. The van der Waals surface area contributed by atoms with Crippen LogP contribution in [-0.2, 0) is 16.0 Å². The number of nitrogens with two attached hydrogens (primary N) is 1. The van der Waals surface area contributed by atoms with Crippen molar-refractivity contribution >= 4 is 5.91 Å². The van der Waals surface area contributed by atoms with Gasteiger partial charge in [0.15, 0.2) is 0 Å². The van der Waals surface area contributed by atoms with E-state index in [4.69, 9.17) is 10.5 Å². The van der Waals surface area contributed by atoms with Crippen LogP contribution in [0.15, 0.2) is 42.7 Å². The first-order valence-corrected chi connectivity index (χ1v) is 7.91. The Hall–Kier alpha value is -2.18. The van der Waals surface area contributed by atoms with E-state index in [1.807, 2.05) is 47.4 Å². The van der Waals surface area contributed by atoms with E-state index >= 15 is 0 Å². The van der Waals surface area contributed by atoms with Crippen molar-refractivity contribution in [2.75, 3.05) is 19.8 Å². The van der Waals surface area contributed by atoms with Gasteiger partial charge < -0.3 is 15.8 Å². The summed E-state index contributed by atoms with van der Waals surface area (Å²) in [6.45, 7) is 1.65. The number of nitrogens with one attached hydrogen (secondary N) is 1. The van der Waals surface area contributed by atoms with Crippen molar-refractivity contribution in [2.24, 2.45) is 5.73 Å². The molecule has 0 aliphatic carbocycles. The van der Waals surface area contributed by atoms with E-state index in [0.29, 0.717) is 32.6 Å². The minimum absolute atomic E-state index is 0.0868. The molecule has 1 aliphatic rings. The van der Waals surface area contributed by atoms with Crippen molar-refractivity contribution in [2.45, 2.75) is 24.8 Å². The molecule has 0 bridgehead atoms. The molecule has 0 spiro atoms. The van der Waals surface area contributed by atoms with Crippen molar-refractivity contribution in [1.29, 1.82) is 0 Å². The predicted octanol–water partition coefficient (Wildman–Crippen LogP) is 1.04. The Morgan fingerprint density at radius 3 is 2.78 bits per heavy atom. The fourth-order valence-electron chi connectivity index (χ4n) is 2.67. The third-order valence-corrected chi connectivity index (χ3v) is 4.19. The zero-order valence-corrected chi connectivity index (χ0v) is 13.1. The first kappa shape index (κ1) is 15.7. The van der Waals surface area contributed by atoms with Crippen molar-refractivity contribution in [3.63, 3.8) is 0 Å². The molecule has 1 amide bonds. The highest BCUT2D eigenvalue weighted by molar-refractivity contribution is 5.86. The van der Waals surface area contributed by atoms with Gasteiger partial charge in [-0.25, -0.2) is 4.68 Å². The molecular weight excluding hydrogens is 292 g/mol. The smallest absolute Gasteiger partial charge is 0.240 e. The lowest BCUT2D eigenvalue weighted by atomic mass is 9.90. The van der Waals surface area contributed by atoms with Crippen LogP contribution in [0.25, 0.3) is 5.69 Å². The summed E-state index contributed by atoms with van der Waals surface area (Å²) >= 11 is 0. The van der Waals surface area contributed by atoms with Crippen molar-refractivity contribution in [1.82, 2.24) is 15.1 Å². The second kappa shape index (κ2) is 6.93. The summed E-state index contributed by atoms with van der Waals surface area (Å²) in [6.07, 6.45) is 5.68. The highest BCUT2D eigenvalue weighted by atomic mass is 16.5. The number of carbonyl (C=O) groups is 1. The lowest BCUT2D eigenvalue weighted by molar-refractivity contribution is -0.129. The molecule has 1 saturated heterocycles. The minimum atomic E-state index is -0.785. The van der Waals surface area contributed by atoms with Crippen LogP contribution in [0.1, 0.15) is 18.4 Å². The van der Waals surface area contributed by atoms with E-state index in [1.165, 1.54) is 0 Å². The predicted molar refractivity (Wildman–Crippen MR) is 87.2 cm³/mol. The highest BCUT2D eigenvalue weighted by Crippen LogP contribution is 2.17. The molecule has 3 rings (SSSR count). The van der Waals surface area contributed by atoms with E-state index in [2.05, 4.69) is 10.4 Å². The van der Waals surface area contributed by atoms with Crippen molar-refractivity contribution in [3.05, 3.63) is 48.3 Å². The standard InChI is InChI=1S/C17H22N4O2/c18-17(7-10-23-11-8-17)16(22)19-9-6-14-12-20-21(13-14)15-4-2-1-3-5-15/h1-5,12-13H,6-11,18H2,(H,19,22). The van der Waals surface area contributed by atoms with Gasteiger partial charge in [-0.15, -0.1) is 0 Å². The topological polar surface area (TPSA) is 82.2 Å². The van der Waals surface area contributed by atoms with Gasteiger partial charge >= 0.3 is 0 Å². The van der Waals surface area contributed by atoms with E-state index < -0.39 is 5.54 Å². The van der Waals surface area contributed by atoms with Crippen LogP contribution < -0.4 is 11.1 Å². The SMILES string of the molecule is NC1(C(=O)NCCc2cnn(-c3ccccc3)c2)CCOCC1. The number of nitrogens with zero attached hydrogens (tertiary/aromatic N) is 2. The number of carbonyl (C=O) groups excluding carboxylic acids is 1. The van der Waals surface area contributed by atoms with Gasteiger partial charge in [0.25, 0.3) is 0 Å². The number of hydrogen-bond acceptors (Lipinski definition) is 4. The Kier molecular flexibility index (Phi) is 4.73. The first-order valence-electron chi connectivity index (χ1n) is 7.91. The van der Waals surface area contributed by atoms with Crippen LogP contribution in [0.5, 0.6) is 0 Å². The number of amides is 1. The van der Waals surface area contributed by atoms with Crippen LogP contribution >= 0.6 is 0 Å². The van der Waals surface area contributed by atoms with Crippen molar-refractivity contribution < 1.29 is 9.53 Å². The molecule has 6 nitrogen and oxygen atoms in total. The Balaban J connectivity index is 1.51. The Bertz CT molecular complexity index is 648. The summed E-state index contributed by atoms with van der Waals surface area (Å²) in [7, 11) is 0. The lowest BCUT2D eigenvalue weighted by Gasteiger charge is -2.31. The molecule has 1 aliphatic heterocycles. The summed E-state index contributed by atoms with van der Waals surface area (Å²) < 4.78 is 7.10. The van der Waals surface area contributed by atoms with Gasteiger partial charge in [0.05, 0.1) is 17.4 Å². The molecule has 1 fully saturated rings. The number of rotatable bonds is 5. The van der Waals surface area contributed by atoms with Gasteiger partial charge in [0, 0.05) is 26.0 Å². The Morgan fingerprint density at radius 2 is 2.04 bits per heavy atom. The van der Waals surface area contributed by atoms with Gasteiger partial charge in [0.1, 0.15) is 0 Å². The summed E-state index contributed by atoms with van der Waals surface area (Å²) in [5.41, 5.74) is 7.46. The van der Waals surface area contributed by atoms with Crippen LogP contribution in [0, 0.1) is 0 Å². The van der Waals surface area contributed by atoms with E-state index in [0.717, 1.165) is 17.7 Å². The maximum atomic E-state index is 12.2. The summed E-state index contributed by atoms with van der Waals surface area (Å²) in [6, 6.07) is 9.93. The fourth-order valence-corrected chi connectivity index (χ4v) is 2.67. The van der Waals surface area contributed by atoms with Crippen LogP contribution in [-0.4, -0.2) is 41.0 Å². The quantitative estimate of drug-likeness (QED) is 0.864. The Morgan fingerprint density at radius 1 is 1.30 bits per heavy atom. The van der Waals surface area contributed by atoms with Gasteiger partial charge in [-0.2, -0.15) is 5.10 Å². The average molecular weight is 314 g/mol. The summed E-state index contributed by atoms with van der Waals surface area (Å²) in [4.78, 5) is 12.2. The van der Waals surface area contributed by atoms with Crippen LogP contribution in [0.3, 0.4) is 0 Å². The molecule has 122 valence electrons. The van der Waals surface area contributed by atoms with Gasteiger partial charge in [-0.1, -0.05) is 18.2 Å². The van der Waals surface area contributed by atoms with E-state index in [9.17, 15) is 4.79 Å². The molecule has 0 unspecified atom stereocenters. The zero-order chi connectivity index (χ0) is 16.1. The average Bonchev–Trinajstić information content (AvgIpc) is 3.05. The van der Waals surface area contributed by atoms with Crippen molar-refractivity contribution in [3.8, 4) is 5.69 Å². The summed E-state index contributed by atoms with van der Waals surface area (Å²) in [5.74, 6) is -0.0868. The molecule has 0 atom stereocenters. The fraction of sp³-hybridized carbons (Fsp3) is 0.412. The lowest BCUT2D eigenvalue weighted by Crippen LogP contribution is -2.57. The number of hydrogen-bond donors (Lipinski definition) is 2. The monoisotopic (exact) mass is 314 g/mol. The molecule has 0 radical (unpaired) electrons. The summed E-state index contributed by atoms with van der Waals surface area (Å²) in [5, 5.41) is 7.28. The third-order valence-electron chi connectivity index (χ3n) is 4.19. The molecule has 23 heavy (non-hydrogen) atoms. The maximum Gasteiger partial charge on any atom is 0.240 e. The number of aromatic nitrogens is 2.